The van der Waals surface area contributed by atoms with Crippen LogP contribution in [0.4, 0.5) is 0 Å². The Morgan fingerprint density at radius 2 is 1.58 bits per heavy atom. The van der Waals surface area contributed by atoms with Gasteiger partial charge in [-0.3, -0.25) is 14.5 Å². The maximum atomic E-state index is 12.6. The second kappa shape index (κ2) is 6.83. The van der Waals surface area contributed by atoms with Crippen LogP contribution in [0.25, 0.3) is 0 Å². The lowest BCUT2D eigenvalue weighted by Gasteiger charge is -2.36. The molecule has 0 aromatic heterocycles. The molecule has 26 heavy (non-hydrogen) atoms. The lowest BCUT2D eigenvalue weighted by molar-refractivity contribution is -0.166. The highest BCUT2D eigenvalue weighted by molar-refractivity contribution is 6.21. The first-order valence-corrected chi connectivity index (χ1v) is 9.05. The Hall–Kier alpha value is -2.21. The summed E-state index contributed by atoms with van der Waals surface area (Å²) >= 11 is 0. The minimum absolute atomic E-state index is 0.153. The van der Waals surface area contributed by atoms with Crippen LogP contribution in [0.2, 0.25) is 0 Å². The summed E-state index contributed by atoms with van der Waals surface area (Å²) in [6, 6.07) is 6.74. The maximum Gasteiger partial charge on any atom is 0.333 e. The largest absolute Gasteiger partial charge is 0.479 e. The zero-order valence-electron chi connectivity index (χ0n) is 15.4. The van der Waals surface area contributed by atoms with Crippen LogP contribution in [-0.4, -0.2) is 46.0 Å². The van der Waals surface area contributed by atoms with E-state index in [1.165, 1.54) is 4.90 Å². The number of fused-ring (bicyclic) bond motifs is 1. The molecule has 1 unspecified atom stereocenters. The van der Waals surface area contributed by atoms with Crippen molar-refractivity contribution < 1.29 is 24.2 Å². The minimum atomic E-state index is -0.958. The smallest absolute Gasteiger partial charge is 0.333 e. The van der Waals surface area contributed by atoms with Gasteiger partial charge in [-0.15, -0.1) is 0 Å². The molecular formula is C20H25NO5. The van der Waals surface area contributed by atoms with E-state index >= 15 is 0 Å². The van der Waals surface area contributed by atoms with Gasteiger partial charge < -0.3 is 9.84 Å². The standard InChI is InChI=1S/C20H25NO5/c1-20(2,3)16(19(24)25)26-13-10-8-12(9-11-13)21-17(22)14-6-4-5-7-15(14)18(21)23/h4-7,12-13,16H,8-11H2,1-3H3,(H,24,25). The van der Waals surface area contributed by atoms with Gasteiger partial charge in [0.1, 0.15) is 0 Å². The predicted octanol–water partition coefficient (Wildman–Crippen LogP) is 3.11. The topological polar surface area (TPSA) is 83.9 Å². The molecule has 6 heteroatoms. The van der Waals surface area contributed by atoms with Crippen molar-refractivity contribution in [3.8, 4) is 0 Å². The average Bonchev–Trinajstić information content (AvgIpc) is 2.84. The molecule has 1 aromatic rings. The molecule has 0 radical (unpaired) electrons. The maximum absolute atomic E-state index is 12.6. The number of imide groups is 1. The van der Waals surface area contributed by atoms with Gasteiger partial charge in [0.05, 0.1) is 17.2 Å². The van der Waals surface area contributed by atoms with Gasteiger partial charge in [-0.1, -0.05) is 32.9 Å². The number of ether oxygens (including phenoxy) is 1. The van der Waals surface area contributed by atoms with Gasteiger partial charge in [0.2, 0.25) is 0 Å². The highest BCUT2D eigenvalue weighted by Crippen LogP contribution is 2.33. The van der Waals surface area contributed by atoms with Crippen LogP contribution in [0.5, 0.6) is 0 Å². The summed E-state index contributed by atoms with van der Waals surface area (Å²) in [5.74, 6) is -1.42. The van der Waals surface area contributed by atoms with Crippen molar-refractivity contribution in [2.75, 3.05) is 0 Å². The number of hydrogen-bond donors (Lipinski definition) is 1. The van der Waals surface area contributed by atoms with Gasteiger partial charge in [0.15, 0.2) is 6.10 Å². The Morgan fingerprint density at radius 1 is 1.08 bits per heavy atom. The molecule has 1 saturated carbocycles. The number of hydrogen-bond acceptors (Lipinski definition) is 4. The number of carboxylic acids is 1. The molecule has 1 aliphatic heterocycles. The molecule has 0 spiro atoms. The second-order valence-electron chi connectivity index (χ2n) is 8.18. The Labute approximate surface area is 153 Å². The van der Waals surface area contributed by atoms with Gasteiger partial charge in [-0.25, -0.2) is 4.79 Å². The number of nitrogens with zero attached hydrogens (tertiary/aromatic N) is 1. The molecule has 0 saturated heterocycles. The number of carbonyl (C=O) groups excluding carboxylic acids is 2. The van der Waals surface area contributed by atoms with E-state index in [9.17, 15) is 19.5 Å². The van der Waals surface area contributed by atoms with Gasteiger partial charge in [-0.05, 0) is 43.2 Å². The number of carbonyl (C=O) groups is 3. The predicted molar refractivity (Wildman–Crippen MR) is 94.9 cm³/mol. The van der Waals surface area contributed by atoms with Gasteiger partial charge in [0, 0.05) is 6.04 Å². The van der Waals surface area contributed by atoms with Crippen molar-refractivity contribution in [3.63, 3.8) is 0 Å². The summed E-state index contributed by atoms with van der Waals surface area (Å²) in [7, 11) is 0. The molecule has 1 aliphatic carbocycles. The molecule has 2 amide bonds. The third-order valence-electron chi connectivity index (χ3n) is 5.17. The molecule has 1 heterocycles. The van der Waals surface area contributed by atoms with Crippen molar-refractivity contribution in [1.82, 2.24) is 4.90 Å². The average molecular weight is 359 g/mol. The Bertz CT molecular complexity index is 693. The second-order valence-corrected chi connectivity index (χ2v) is 8.18. The summed E-state index contributed by atoms with van der Waals surface area (Å²) in [5.41, 5.74) is 0.440. The van der Waals surface area contributed by atoms with Crippen LogP contribution in [-0.2, 0) is 9.53 Å². The summed E-state index contributed by atoms with van der Waals surface area (Å²) < 4.78 is 5.86. The first kappa shape index (κ1) is 18.6. The van der Waals surface area contributed by atoms with Crippen molar-refractivity contribution >= 4 is 17.8 Å². The Morgan fingerprint density at radius 3 is 2.00 bits per heavy atom. The molecular weight excluding hydrogens is 334 g/mol. The van der Waals surface area contributed by atoms with E-state index in [0.29, 0.717) is 36.8 Å². The quantitative estimate of drug-likeness (QED) is 0.835. The van der Waals surface area contributed by atoms with Crippen molar-refractivity contribution in [1.29, 1.82) is 0 Å². The fourth-order valence-corrected chi connectivity index (χ4v) is 3.80. The monoisotopic (exact) mass is 359 g/mol. The molecule has 1 N–H and O–H groups in total. The highest BCUT2D eigenvalue weighted by atomic mass is 16.5. The van der Waals surface area contributed by atoms with Crippen LogP contribution < -0.4 is 0 Å². The van der Waals surface area contributed by atoms with Crippen molar-refractivity contribution in [2.45, 2.75) is 64.7 Å². The fraction of sp³-hybridized carbons (Fsp3) is 0.550. The van der Waals surface area contributed by atoms with Gasteiger partial charge in [-0.2, -0.15) is 0 Å². The Balaban J connectivity index is 1.64. The van der Waals surface area contributed by atoms with E-state index in [1.807, 2.05) is 20.8 Å². The SMILES string of the molecule is CC(C)(C)C(OC1CCC(N2C(=O)c3ccccc3C2=O)CC1)C(=O)O. The molecule has 0 bridgehead atoms. The third kappa shape index (κ3) is 3.38. The first-order chi connectivity index (χ1) is 12.2. The number of carboxylic acid groups (broad SMARTS) is 1. The summed E-state index contributed by atoms with van der Waals surface area (Å²) in [6.45, 7) is 5.53. The zero-order chi connectivity index (χ0) is 19.1. The van der Waals surface area contributed by atoms with Crippen LogP contribution in [0, 0.1) is 5.41 Å². The number of amides is 2. The highest BCUT2D eigenvalue weighted by Gasteiger charge is 2.42. The molecule has 1 aromatic carbocycles. The number of rotatable bonds is 4. The molecule has 1 atom stereocenters. The zero-order valence-corrected chi connectivity index (χ0v) is 15.4. The minimum Gasteiger partial charge on any atom is -0.479 e. The van der Waals surface area contributed by atoms with Crippen LogP contribution >= 0.6 is 0 Å². The van der Waals surface area contributed by atoms with E-state index in [0.717, 1.165) is 0 Å². The fourth-order valence-electron chi connectivity index (χ4n) is 3.80. The molecule has 2 aliphatic rings. The summed E-state index contributed by atoms with van der Waals surface area (Å²) in [5, 5.41) is 9.41. The van der Waals surface area contributed by atoms with Gasteiger partial charge >= 0.3 is 5.97 Å². The van der Waals surface area contributed by atoms with E-state index < -0.39 is 17.5 Å². The van der Waals surface area contributed by atoms with Crippen LogP contribution in [0.3, 0.4) is 0 Å². The molecule has 140 valence electrons. The van der Waals surface area contributed by atoms with Crippen molar-refractivity contribution in [2.24, 2.45) is 5.41 Å². The van der Waals surface area contributed by atoms with Crippen LogP contribution in [0.15, 0.2) is 24.3 Å². The summed E-state index contributed by atoms with van der Waals surface area (Å²) in [6.07, 6.45) is 1.50. The molecule has 3 rings (SSSR count). The van der Waals surface area contributed by atoms with E-state index in [-0.39, 0.29) is 24.0 Å². The van der Waals surface area contributed by atoms with Crippen molar-refractivity contribution in [3.05, 3.63) is 35.4 Å². The van der Waals surface area contributed by atoms with E-state index in [1.54, 1.807) is 24.3 Å². The van der Waals surface area contributed by atoms with Gasteiger partial charge in [0.25, 0.3) is 11.8 Å². The summed E-state index contributed by atoms with van der Waals surface area (Å²) in [4.78, 5) is 38.0. The Kier molecular flexibility index (Phi) is 4.88. The first-order valence-electron chi connectivity index (χ1n) is 9.05. The molecule has 1 fully saturated rings. The third-order valence-corrected chi connectivity index (χ3v) is 5.17. The normalized spacial score (nSPS) is 24.5. The molecule has 6 nitrogen and oxygen atoms in total. The van der Waals surface area contributed by atoms with Crippen LogP contribution in [0.1, 0.15) is 67.2 Å². The lowest BCUT2D eigenvalue weighted by atomic mass is 9.87. The number of benzene rings is 1. The lowest BCUT2D eigenvalue weighted by Crippen LogP contribution is -2.45. The van der Waals surface area contributed by atoms with E-state index in [2.05, 4.69) is 0 Å². The van der Waals surface area contributed by atoms with E-state index in [4.69, 9.17) is 4.74 Å². The number of aliphatic carboxylic acids is 1.